The fourth-order valence-electron chi connectivity index (χ4n) is 2.17. The van der Waals surface area contributed by atoms with Crippen LogP contribution < -0.4 is 0 Å². The van der Waals surface area contributed by atoms with E-state index in [1.807, 2.05) is 26.8 Å². The first-order valence-corrected chi connectivity index (χ1v) is 6.77. The zero-order valence-electron chi connectivity index (χ0n) is 13.6. The normalized spacial score (nSPS) is 13.1. The quantitative estimate of drug-likeness (QED) is 0.420. The van der Waals surface area contributed by atoms with Crippen LogP contribution in [-0.4, -0.2) is 0 Å². The third-order valence-corrected chi connectivity index (χ3v) is 3.52. The van der Waals surface area contributed by atoms with Gasteiger partial charge in [0.05, 0.1) is 0 Å². The predicted molar refractivity (Wildman–Crippen MR) is 91.5 cm³/mol. The molecule has 0 unspecified atom stereocenters. The van der Waals surface area contributed by atoms with Crippen LogP contribution in [0.1, 0.15) is 58.7 Å². The van der Waals surface area contributed by atoms with E-state index in [4.69, 9.17) is 0 Å². The zero-order chi connectivity index (χ0) is 14.4. The van der Waals surface area contributed by atoms with E-state index in [2.05, 4.69) is 51.1 Å². The monoisotopic (exact) mass is 357 g/mol. The summed E-state index contributed by atoms with van der Waals surface area (Å²) in [5.74, 6) is 0. The smallest absolute Gasteiger partial charge is 0 e. The van der Waals surface area contributed by atoms with Gasteiger partial charge in [0.25, 0.3) is 0 Å². The molecule has 0 nitrogen and oxygen atoms in total. The Hall–Kier alpha value is -0.456. The third kappa shape index (κ3) is 6.89. The maximum Gasteiger partial charge on any atom is 0 e. The number of hydrogen-bond donors (Lipinski definition) is 0. The molecule has 1 aromatic rings. The number of hydrogen-bond acceptors (Lipinski definition) is 0. The molecule has 1 radical (unpaired) electrons. The molecule has 1 aromatic carbocycles. The Bertz CT molecular complexity index is 531. The summed E-state index contributed by atoms with van der Waals surface area (Å²) in [6, 6.07) is 6.74. The maximum absolute atomic E-state index is 2.96. The van der Waals surface area contributed by atoms with Crippen molar-refractivity contribution in [2.24, 2.45) is 0 Å². The van der Waals surface area contributed by atoms with Crippen molar-refractivity contribution in [3.63, 3.8) is 0 Å². The number of rotatable bonds is 1. The molecule has 2 rings (SSSR count). The Balaban J connectivity index is 0. The van der Waals surface area contributed by atoms with Crippen LogP contribution in [0.3, 0.4) is 0 Å². The molecule has 0 N–H and O–H groups in total. The van der Waals surface area contributed by atoms with Gasteiger partial charge in [-0.1, -0.05) is 36.8 Å². The van der Waals surface area contributed by atoms with Crippen LogP contribution in [-0.2, 0) is 39.1 Å². The third-order valence-electron chi connectivity index (χ3n) is 3.52. The fourth-order valence-corrected chi connectivity index (χ4v) is 2.17. The summed E-state index contributed by atoms with van der Waals surface area (Å²) in [6.07, 6.45) is 8.92. The summed E-state index contributed by atoms with van der Waals surface area (Å²) in [5, 5.41) is 0. The Kier molecular flexibility index (Phi) is 12.1. The number of fused-ring (bicyclic) bond motifs is 1. The van der Waals surface area contributed by atoms with Crippen LogP contribution in [0.5, 0.6) is 0 Å². The molecule has 113 valence electrons. The van der Waals surface area contributed by atoms with E-state index in [1.54, 1.807) is 0 Å². The Morgan fingerprint density at radius 2 is 1.76 bits per heavy atom. The Morgan fingerprint density at radius 1 is 1.14 bits per heavy atom. The molecule has 0 spiro atoms. The van der Waals surface area contributed by atoms with E-state index in [-0.39, 0.29) is 40.1 Å². The van der Waals surface area contributed by atoms with E-state index in [0.717, 1.165) is 12.0 Å². The summed E-state index contributed by atoms with van der Waals surface area (Å²) >= 11 is 0. The van der Waals surface area contributed by atoms with Gasteiger partial charge in [0, 0.05) is 32.7 Å². The molecular formula is C20H28Y-2. The average Bonchev–Trinajstić information content (AvgIpc) is 2.65. The topological polar surface area (TPSA) is 0 Å². The first-order valence-electron chi connectivity index (χ1n) is 6.77. The largest absolute Gasteiger partial charge is 0.388 e. The van der Waals surface area contributed by atoms with Gasteiger partial charge in [-0.05, 0) is 43.9 Å². The summed E-state index contributed by atoms with van der Waals surface area (Å²) in [4.78, 5) is 0. The molecule has 0 aromatic heterocycles. The van der Waals surface area contributed by atoms with Gasteiger partial charge in [-0.25, -0.2) is 0 Å². The van der Waals surface area contributed by atoms with Gasteiger partial charge in [0.2, 0.25) is 0 Å². The van der Waals surface area contributed by atoms with Crippen molar-refractivity contribution in [3.05, 3.63) is 64.3 Å². The van der Waals surface area contributed by atoms with E-state index >= 15 is 0 Å². The van der Waals surface area contributed by atoms with Crippen LogP contribution >= 0.6 is 0 Å². The minimum Gasteiger partial charge on any atom is -0.388 e. The molecule has 0 bridgehead atoms. The minimum absolute atomic E-state index is 0. The van der Waals surface area contributed by atoms with Crippen molar-refractivity contribution >= 4 is 5.57 Å². The number of allylic oxidation sites excluding steroid dienone is 6. The first kappa shape index (κ1) is 22.8. The van der Waals surface area contributed by atoms with Gasteiger partial charge in [0.15, 0.2) is 0 Å². The summed E-state index contributed by atoms with van der Waals surface area (Å²) < 4.78 is 0. The van der Waals surface area contributed by atoms with Crippen molar-refractivity contribution < 1.29 is 32.7 Å². The molecule has 0 saturated heterocycles. The molecule has 1 heteroatoms. The second-order valence-corrected chi connectivity index (χ2v) is 5.11. The van der Waals surface area contributed by atoms with E-state index in [0.29, 0.717) is 0 Å². The number of benzene rings is 1. The molecule has 0 aliphatic heterocycles. The van der Waals surface area contributed by atoms with Crippen LogP contribution in [0.15, 0.2) is 35.4 Å². The van der Waals surface area contributed by atoms with Crippen molar-refractivity contribution in [1.29, 1.82) is 0 Å². The van der Waals surface area contributed by atoms with Crippen molar-refractivity contribution in [3.8, 4) is 0 Å². The van der Waals surface area contributed by atoms with Crippen molar-refractivity contribution in [2.45, 2.75) is 55.4 Å². The SMILES string of the molecule is C.CC1=C(C)c2ccc(C)cc2C1.C[C-]=CC(C)=[C-]C.[Y]. The molecule has 1 aliphatic carbocycles. The molecule has 0 atom stereocenters. The van der Waals surface area contributed by atoms with Gasteiger partial charge in [-0.2, -0.15) is 0 Å². The zero-order valence-corrected chi connectivity index (χ0v) is 16.4. The second-order valence-electron chi connectivity index (χ2n) is 5.11. The second kappa shape index (κ2) is 11.2. The maximum atomic E-state index is 2.96. The minimum atomic E-state index is 0. The van der Waals surface area contributed by atoms with E-state index < -0.39 is 0 Å². The molecule has 0 amide bonds. The number of aryl methyl sites for hydroxylation is 1. The molecule has 0 saturated carbocycles. The summed E-state index contributed by atoms with van der Waals surface area (Å²) in [7, 11) is 0. The van der Waals surface area contributed by atoms with Gasteiger partial charge in [0.1, 0.15) is 0 Å². The van der Waals surface area contributed by atoms with Gasteiger partial charge >= 0.3 is 0 Å². The van der Waals surface area contributed by atoms with Crippen LogP contribution in [0.4, 0.5) is 0 Å². The first-order chi connectivity index (χ1) is 8.99. The van der Waals surface area contributed by atoms with Gasteiger partial charge < -0.3 is 23.8 Å². The van der Waals surface area contributed by atoms with Gasteiger partial charge in [-0.3, -0.25) is 0 Å². The summed E-state index contributed by atoms with van der Waals surface area (Å²) in [5.41, 5.74) is 8.47. The van der Waals surface area contributed by atoms with Crippen molar-refractivity contribution in [2.75, 3.05) is 0 Å². The van der Waals surface area contributed by atoms with Crippen molar-refractivity contribution in [1.82, 2.24) is 0 Å². The average molecular weight is 357 g/mol. The van der Waals surface area contributed by atoms with Gasteiger partial charge in [-0.15, -0.1) is 20.8 Å². The molecule has 0 heterocycles. The predicted octanol–water partition coefficient (Wildman–Crippen LogP) is 6.11. The Morgan fingerprint density at radius 3 is 2.24 bits per heavy atom. The van der Waals surface area contributed by atoms with Crippen LogP contribution in [0.2, 0.25) is 0 Å². The van der Waals surface area contributed by atoms with Crippen LogP contribution in [0, 0.1) is 19.1 Å². The fraction of sp³-hybridized carbons (Fsp3) is 0.400. The van der Waals surface area contributed by atoms with E-state index in [1.165, 1.54) is 27.8 Å². The molecule has 0 fully saturated rings. The van der Waals surface area contributed by atoms with Crippen LogP contribution in [0.25, 0.3) is 5.57 Å². The standard InChI is InChI=1S/C12H14.C7H10.CH4.Y/c1-8-4-5-12-10(3)9(2)7-11(12)6-8;1-4-6-7(3)5-2;;/h4-6H,7H2,1-3H3;6H,1-3H3;1H4;/q;-2;;. The summed E-state index contributed by atoms with van der Waals surface area (Å²) in [6.45, 7) is 12.4. The van der Waals surface area contributed by atoms with E-state index in [9.17, 15) is 0 Å². The molecule has 1 aliphatic rings. The molecule has 21 heavy (non-hydrogen) atoms. The Labute approximate surface area is 157 Å². The molecular weight excluding hydrogens is 329 g/mol.